The van der Waals surface area contributed by atoms with E-state index in [0.717, 1.165) is 0 Å². The van der Waals surface area contributed by atoms with Gasteiger partial charge in [-0.15, -0.1) is 0 Å². The van der Waals surface area contributed by atoms with E-state index in [-0.39, 0.29) is 17.4 Å². The maximum atomic E-state index is 11.8. The van der Waals surface area contributed by atoms with Crippen LogP contribution in [-0.4, -0.2) is 37.8 Å². The number of carbonyl (C=O) groups excluding carboxylic acids is 1. The van der Waals surface area contributed by atoms with E-state index in [2.05, 4.69) is 5.32 Å². The van der Waals surface area contributed by atoms with E-state index in [9.17, 15) is 9.59 Å². The van der Waals surface area contributed by atoms with Gasteiger partial charge in [-0.25, -0.2) is 4.79 Å². The summed E-state index contributed by atoms with van der Waals surface area (Å²) >= 11 is 0. The maximum Gasteiger partial charge on any atom is 0.335 e. The van der Waals surface area contributed by atoms with Crippen LogP contribution in [0, 0.1) is 5.92 Å². The van der Waals surface area contributed by atoms with Gasteiger partial charge in [0.25, 0.3) is 0 Å². The van der Waals surface area contributed by atoms with E-state index in [4.69, 9.17) is 14.6 Å². The van der Waals surface area contributed by atoms with Crippen molar-refractivity contribution in [3.8, 4) is 5.75 Å². The first kappa shape index (κ1) is 15.0. The lowest BCUT2D eigenvalue weighted by Crippen LogP contribution is -2.24. The van der Waals surface area contributed by atoms with Crippen LogP contribution in [0.3, 0.4) is 0 Å². The van der Waals surface area contributed by atoms with Crippen molar-refractivity contribution in [3.05, 3.63) is 23.8 Å². The minimum absolute atomic E-state index is 0.0970. The standard InChI is InChI=1S/C13H17NO5/c1-8(7-18-2)12(15)14-10-5-4-9(13(16)17)6-11(10)19-3/h4-6,8H,7H2,1-3H3,(H,14,15)(H,16,17). The Balaban J connectivity index is 2.89. The van der Waals surface area contributed by atoms with Crippen LogP contribution in [0.15, 0.2) is 18.2 Å². The number of hydrogen-bond donors (Lipinski definition) is 2. The van der Waals surface area contributed by atoms with E-state index in [1.54, 1.807) is 6.92 Å². The molecule has 0 saturated heterocycles. The minimum atomic E-state index is -1.05. The first-order valence-corrected chi connectivity index (χ1v) is 5.70. The van der Waals surface area contributed by atoms with Crippen LogP contribution < -0.4 is 10.1 Å². The molecule has 1 unspecified atom stereocenters. The van der Waals surface area contributed by atoms with Crippen molar-refractivity contribution >= 4 is 17.6 Å². The van der Waals surface area contributed by atoms with Crippen LogP contribution in [0.4, 0.5) is 5.69 Å². The molecule has 1 atom stereocenters. The lowest BCUT2D eigenvalue weighted by molar-refractivity contribution is -0.120. The molecule has 0 radical (unpaired) electrons. The van der Waals surface area contributed by atoms with Gasteiger partial charge in [0.1, 0.15) is 5.75 Å². The minimum Gasteiger partial charge on any atom is -0.495 e. The van der Waals surface area contributed by atoms with Crippen LogP contribution in [0.1, 0.15) is 17.3 Å². The number of aromatic carboxylic acids is 1. The molecule has 0 aliphatic carbocycles. The van der Waals surface area contributed by atoms with Gasteiger partial charge in [-0.05, 0) is 18.2 Å². The molecule has 0 fully saturated rings. The normalized spacial score (nSPS) is 11.7. The lowest BCUT2D eigenvalue weighted by atomic mass is 10.1. The Bertz CT molecular complexity index is 472. The van der Waals surface area contributed by atoms with Crippen molar-refractivity contribution in [3.63, 3.8) is 0 Å². The van der Waals surface area contributed by atoms with Gasteiger partial charge in [0.15, 0.2) is 0 Å². The topological polar surface area (TPSA) is 84.9 Å². The molecule has 0 bridgehead atoms. The quantitative estimate of drug-likeness (QED) is 0.818. The van der Waals surface area contributed by atoms with E-state index in [0.29, 0.717) is 18.0 Å². The van der Waals surface area contributed by atoms with Gasteiger partial charge in [0.05, 0.1) is 30.9 Å². The number of ether oxygens (including phenoxy) is 2. The van der Waals surface area contributed by atoms with E-state index >= 15 is 0 Å². The second kappa shape index (κ2) is 6.75. The molecule has 0 saturated carbocycles. The summed E-state index contributed by atoms with van der Waals surface area (Å²) in [7, 11) is 2.93. The van der Waals surface area contributed by atoms with E-state index in [1.807, 2.05) is 0 Å². The van der Waals surface area contributed by atoms with Crippen LogP contribution >= 0.6 is 0 Å². The summed E-state index contributed by atoms with van der Waals surface area (Å²) < 4.78 is 9.97. The molecule has 1 aromatic carbocycles. The van der Waals surface area contributed by atoms with Gasteiger partial charge in [-0.2, -0.15) is 0 Å². The zero-order valence-corrected chi connectivity index (χ0v) is 11.1. The largest absolute Gasteiger partial charge is 0.495 e. The Hall–Kier alpha value is -2.08. The van der Waals surface area contributed by atoms with E-state index < -0.39 is 5.97 Å². The summed E-state index contributed by atoms with van der Waals surface area (Å²) in [6, 6.07) is 4.26. The average molecular weight is 267 g/mol. The first-order chi connectivity index (χ1) is 8.99. The zero-order chi connectivity index (χ0) is 14.4. The molecule has 0 spiro atoms. The molecule has 6 heteroatoms. The van der Waals surface area contributed by atoms with Crippen molar-refractivity contribution in [1.82, 2.24) is 0 Å². The van der Waals surface area contributed by atoms with Crippen molar-refractivity contribution in [2.24, 2.45) is 5.92 Å². The summed E-state index contributed by atoms with van der Waals surface area (Å²) in [5.41, 5.74) is 0.528. The fourth-order valence-electron chi connectivity index (χ4n) is 1.51. The molecule has 6 nitrogen and oxygen atoms in total. The fourth-order valence-corrected chi connectivity index (χ4v) is 1.51. The van der Waals surface area contributed by atoms with Gasteiger partial charge in [-0.3, -0.25) is 4.79 Å². The van der Waals surface area contributed by atoms with Gasteiger partial charge in [0, 0.05) is 7.11 Å². The molecule has 0 aromatic heterocycles. The molecule has 19 heavy (non-hydrogen) atoms. The van der Waals surface area contributed by atoms with Gasteiger partial charge in [-0.1, -0.05) is 6.92 Å². The van der Waals surface area contributed by atoms with Crippen LogP contribution in [0.2, 0.25) is 0 Å². The highest BCUT2D eigenvalue weighted by Gasteiger charge is 2.16. The fraction of sp³-hybridized carbons (Fsp3) is 0.385. The lowest BCUT2D eigenvalue weighted by Gasteiger charge is -2.14. The van der Waals surface area contributed by atoms with Crippen molar-refractivity contribution in [1.29, 1.82) is 0 Å². The van der Waals surface area contributed by atoms with Gasteiger partial charge >= 0.3 is 5.97 Å². The van der Waals surface area contributed by atoms with E-state index in [1.165, 1.54) is 32.4 Å². The number of carboxylic acid groups (broad SMARTS) is 1. The van der Waals surface area contributed by atoms with Crippen molar-refractivity contribution in [2.75, 3.05) is 26.1 Å². The zero-order valence-electron chi connectivity index (χ0n) is 11.1. The summed E-state index contributed by atoms with van der Waals surface area (Å²) in [6.45, 7) is 2.04. The number of amides is 1. The molecule has 1 amide bonds. The highest BCUT2D eigenvalue weighted by atomic mass is 16.5. The third kappa shape index (κ3) is 3.96. The third-order valence-electron chi connectivity index (χ3n) is 2.57. The first-order valence-electron chi connectivity index (χ1n) is 5.70. The average Bonchev–Trinajstić information content (AvgIpc) is 2.39. The number of hydrogen-bond acceptors (Lipinski definition) is 4. The Labute approximate surface area is 111 Å². The Morgan fingerprint density at radius 2 is 2.05 bits per heavy atom. The summed E-state index contributed by atoms with van der Waals surface area (Å²) in [6.07, 6.45) is 0. The highest BCUT2D eigenvalue weighted by Crippen LogP contribution is 2.26. The van der Waals surface area contributed by atoms with Gasteiger partial charge < -0.3 is 19.9 Å². The number of methoxy groups -OCH3 is 2. The molecular weight excluding hydrogens is 250 g/mol. The molecular formula is C13H17NO5. The van der Waals surface area contributed by atoms with Crippen molar-refractivity contribution in [2.45, 2.75) is 6.92 Å². The molecule has 0 heterocycles. The number of rotatable bonds is 6. The number of nitrogens with one attached hydrogen (secondary N) is 1. The predicted molar refractivity (Wildman–Crippen MR) is 69.6 cm³/mol. The van der Waals surface area contributed by atoms with Gasteiger partial charge in [0.2, 0.25) is 5.91 Å². The van der Waals surface area contributed by atoms with Crippen molar-refractivity contribution < 1.29 is 24.2 Å². The van der Waals surface area contributed by atoms with Crippen LogP contribution in [0.5, 0.6) is 5.75 Å². The third-order valence-corrected chi connectivity index (χ3v) is 2.57. The SMILES string of the molecule is COCC(C)C(=O)Nc1ccc(C(=O)O)cc1OC. The van der Waals surface area contributed by atoms with Crippen LogP contribution in [0.25, 0.3) is 0 Å². The Morgan fingerprint density at radius 1 is 1.37 bits per heavy atom. The molecule has 1 aromatic rings. The summed E-state index contributed by atoms with van der Waals surface area (Å²) in [4.78, 5) is 22.7. The smallest absolute Gasteiger partial charge is 0.335 e. The second-order valence-electron chi connectivity index (χ2n) is 4.07. The molecule has 0 aliphatic rings. The molecule has 0 aliphatic heterocycles. The number of carbonyl (C=O) groups is 2. The van der Waals surface area contributed by atoms with Crippen LogP contribution in [-0.2, 0) is 9.53 Å². The Kier molecular flexibility index (Phi) is 5.32. The highest BCUT2D eigenvalue weighted by molar-refractivity contribution is 5.95. The second-order valence-corrected chi connectivity index (χ2v) is 4.07. The Morgan fingerprint density at radius 3 is 2.58 bits per heavy atom. The number of carboxylic acids is 1. The number of anilines is 1. The molecule has 1 rings (SSSR count). The number of benzene rings is 1. The monoisotopic (exact) mass is 267 g/mol. The molecule has 2 N–H and O–H groups in total. The summed E-state index contributed by atoms with van der Waals surface area (Å²) in [5, 5.41) is 11.6. The summed E-state index contributed by atoms with van der Waals surface area (Å²) in [5.74, 6) is -1.28. The maximum absolute atomic E-state index is 11.8. The molecule has 104 valence electrons. The predicted octanol–water partition coefficient (Wildman–Crippen LogP) is 1.61.